The Morgan fingerprint density at radius 1 is 0.542 bits per heavy atom. The summed E-state index contributed by atoms with van der Waals surface area (Å²) in [4.78, 5) is 33.6. The number of ether oxygens (including phenoxy) is 2. The minimum Gasteiger partial charge on any atom is -0.480 e. The molecule has 10 nitrogen and oxygen atoms in total. The zero-order valence-electron chi connectivity index (χ0n) is 37.9. The molecule has 0 saturated heterocycles. The molecule has 0 aromatic heterocycles. The molecule has 346 valence electrons. The third-order valence-electron chi connectivity index (χ3n) is 10.4. The van der Waals surface area contributed by atoms with Crippen LogP contribution in [0.25, 0.3) is 0 Å². The molecule has 0 aliphatic rings. The van der Waals surface area contributed by atoms with Crippen LogP contribution in [0.4, 0.5) is 0 Å². The Morgan fingerprint density at radius 2 is 0.932 bits per heavy atom. The fourth-order valence-electron chi connectivity index (χ4n) is 6.67. The van der Waals surface area contributed by atoms with Crippen LogP contribution >= 0.6 is 7.82 Å². The Hall–Kier alpha value is -1.81. The van der Waals surface area contributed by atoms with E-state index in [-0.39, 0.29) is 13.0 Å². The maximum absolute atomic E-state index is 12.7. The summed E-state index contributed by atoms with van der Waals surface area (Å²) in [7, 11) is -4.62. The number of carboxylic acid groups (broad SMARTS) is 1. The Balaban J connectivity index is 4.16. The van der Waals surface area contributed by atoms with Gasteiger partial charge in [-0.15, -0.1) is 0 Å². The number of unbranched alkanes of at least 4 members (excludes halogenated alkanes) is 26. The number of carbonyl (C=O) groups excluding carboxylic acids is 1. The highest BCUT2D eigenvalue weighted by molar-refractivity contribution is 7.47. The van der Waals surface area contributed by atoms with Crippen LogP contribution in [-0.4, -0.2) is 60.5 Å². The quantitative estimate of drug-likeness (QED) is 0.0233. The number of nitrogens with two attached hydrogens (primary N) is 1. The van der Waals surface area contributed by atoms with Crippen molar-refractivity contribution >= 4 is 19.8 Å². The maximum Gasteiger partial charge on any atom is 0.472 e. The number of carboxylic acids is 1. The highest BCUT2D eigenvalue weighted by Crippen LogP contribution is 2.43. The number of esters is 1. The molecule has 3 unspecified atom stereocenters. The summed E-state index contributed by atoms with van der Waals surface area (Å²) in [5.41, 5.74) is 5.36. The summed E-state index contributed by atoms with van der Waals surface area (Å²) in [6.45, 7) is 3.89. The minimum atomic E-state index is -4.62. The minimum absolute atomic E-state index is 0.0167. The van der Waals surface area contributed by atoms with Crippen molar-refractivity contribution < 1.29 is 42.7 Å². The van der Waals surface area contributed by atoms with Crippen molar-refractivity contribution in [2.24, 2.45) is 5.73 Å². The number of hydrogen-bond donors (Lipinski definition) is 3. The van der Waals surface area contributed by atoms with Gasteiger partial charge >= 0.3 is 19.8 Å². The average molecular weight is 856 g/mol. The monoisotopic (exact) mass is 856 g/mol. The topological polar surface area (TPSA) is 155 Å². The molecule has 59 heavy (non-hydrogen) atoms. The van der Waals surface area contributed by atoms with Crippen LogP contribution in [0.5, 0.6) is 0 Å². The molecule has 11 heteroatoms. The SMILES string of the molecule is CCCCCCC/C=C\C/C=C\C/C=C\CCCCCCCCCCC(=O)OC(COCCCCCCCCCCCCCCCC)COP(=O)(O)OCC(N)C(=O)O. The summed E-state index contributed by atoms with van der Waals surface area (Å²) in [6, 6.07) is -1.47. The molecule has 0 radical (unpaired) electrons. The van der Waals surface area contributed by atoms with Gasteiger partial charge in [0, 0.05) is 13.0 Å². The zero-order chi connectivity index (χ0) is 43.3. The summed E-state index contributed by atoms with van der Waals surface area (Å²) in [5, 5.41) is 8.91. The van der Waals surface area contributed by atoms with Crippen LogP contribution in [0.1, 0.15) is 219 Å². The molecule has 0 aliphatic carbocycles. The molecular formula is C48H90NO9P. The van der Waals surface area contributed by atoms with E-state index in [1.165, 1.54) is 135 Å². The van der Waals surface area contributed by atoms with Gasteiger partial charge in [0.25, 0.3) is 0 Å². The van der Waals surface area contributed by atoms with Crippen molar-refractivity contribution in [3.05, 3.63) is 36.5 Å². The molecule has 0 bridgehead atoms. The highest BCUT2D eigenvalue weighted by Gasteiger charge is 2.27. The van der Waals surface area contributed by atoms with Crippen LogP contribution in [0.15, 0.2) is 36.5 Å². The van der Waals surface area contributed by atoms with E-state index in [9.17, 15) is 19.0 Å². The number of phosphoric acid groups is 1. The highest BCUT2D eigenvalue weighted by atomic mass is 31.2. The Labute approximate surface area is 361 Å². The molecule has 0 rings (SSSR count). The molecule has 0 saturated carbocycles. The molecular weight excluding hydrogens is 766 g/mol. The summed E-state index contributed by atoms with van der Waals surface area (Å²) < 4.78 is 33.4. The molecule has 0 aromatic rings. The van der Waals surface area contributed by atoms with Crippen molar-refractivity contribution in [3.63, 3.8) is 0 Å². The predicted octanol–water partition coefficient (Wildman–Crippen LogP) is 13.7. The first-order valence-corrected chi connectivity index (χ1v) is 25.5. The van der Waals surface area contributed by atoms with Crippen LogP contribution in [0.3, 0.4) is 0 Å². The van der Waals surface area contributed by atoms with Crippen molar-refractivity contribution in [1.29, 1.82) is 0 Å². The van der Waals surface area contributed by atoms with Gasteiger partial charge in [0.2, 0.25) is 0 Å². The average Bonchev–Trinajstić information content (AvgIpc) is 3.21. The van der Waals surface area contributed by atoms with Crippen LogP contribution in [-0.2, 0) is 32.7 Å². The smallest absolute Gasteiger partial charge is 0.472 e. The summed E-state index contributed by atoms with van der Waals surface area (Å²) in [5.74, 6) is -1.78. The van der Waals surface area contributed by atoms with Gasteiger partial charge < -0.3 is 25.2 Å². The van der Waals surface area contributed by atoms with Crippen molar-refractivity contribution in [3.8, 4) is 0 Å². The van der Waals surface area contributed by atoms with Crippen molar-refractivity contribution in [1.82, 2.24) is 0 Å². The number of rotatable bonds is 46. The van der Waals surface area contributed by atoms with Gasteiger partial charge in [-0.3, -0.25) is 18.6 Å². The molecule has 4 N–H and O–H groups in total. The Kier molecular flexibility index (Phi) is 42.9. The van der Waals surface area contributed by atoms with Gasteiger partial charge in [-0.1, -0.05) is 198 Å². The van der Waals surface area contributed by atoms with Gasteiger partial charge in [-0.05, 0) is 51.4 Å². The second-order valence-corrected chi connectivity index (χ2v) is 17.7. The Morgan fingerprint density at radius 3 is 1.39 bits per heavy atom. The van der Waals surface area contributed by atoms with E-state index in [1.807, 2.05) is 0 Å². The third-order valence-corrected chi connectivity index (χ3v) is 11.4. The van der Waals surface area contributed by atoms with Crippen LogP contribution in [0, 0.1) is 0 Å². The van der Waals surface area contributed by atoms with E-state index in [1.54, 1.807) is 0 Å². The van der Waals surface area contributed by atoms with Gasteiger partial charge in [0.05, 0.1) is 19.8 Å². The van der Waals surface area contributed by atoms with E-state index in [2.05, 4.69) is 50.3 Å². The lowest BCUT2D eigenvalue weighted by molar-refractivity contribution is -0.154. The van der Waals surface area contributed by atoms with Crippen molar-refractivity contribution in [2.45, 2.75) is 231 Å². The molecule has 0 amide bonds. The number of phosphoric ester groups is 1. The summed E-state index contributed by atoms with van der Waals surface area (Å²) in [6.07, 6.45) is 50.5. The fourth-order valence-corrected chi connectivity index (χ4v) is 7.45. The number of hydrogen-bond acceptors (Lipinski definition) is 8. The molecule has 0 aliphatic heterocycles. The standard InChI is InChI=1S/C48H90NO9P/c1-3-5-7-9-11-13-15-17-19-20-21-22-23-24-25-26-27-28-30-32-34-36-38-40-47(50)58-45(43-56-59(53,54)57-44-46(49)48(51)52)42-55-41-39-37-35-33-31-29-18-16-14-12-10-8-6-4-2/h15,17,20-21,23-24,45-46H,3-14,16,18-19,22,25-44,49H2,1-2H3,(H,51,52)(H,53,54)/b17-15-,21-20-,24-23-. The van der Waals surface area contributed by atoms with Crippen molar-refractivity contribution in [2.75, 3.05) is 26.4 Å². The molecule has 0 spiro atoms. The number of allylic oxidation sites excluding steroid dienone is 6. The number of carbonyl (C=O) groups is 2. The van der Waals surface area contributed by atoms with Gasteiger partial charge in [0.15, 0.2) is 0 Å². The second kappa shape index (κ2) is 44.3. The Bertz CT molecular complexity index is 1080. The summed E-state index contributed by atoms with van der Waals surface area (Å²) >= 11 is 0. The van der Waals surface area contributed by atoms with Crippen LogP contribution < -0.4 is 5.73 Å². The van der Waals surface area contributed by atoms with E-state index in [4.69, 9.17) is 29.4 Å². The first kappa shape index (κ1) is 57.2. The van der Waals surface area contributed by atoms with E-state index >= 15 is 0 Å². The first-order valence-electron chi connectivity index (χ1n) is 24.0. The molecule has 0 fully saturated rings. The molecule has 0 aromatic carbocycles. The van der Waals surface area contributed by atoms with E-state index in [0.29, 0.717) is 13.0 Å². The van der Waals surface area contributed by atoms with Gasteiger partial charge in [0.1, 0.15) is 12.1 Å². The normalized spacial score (nSPS) is 14.1. The van der Waals surface area contributed by atoms with Crippen LogP contribution in [0.2, 0.25) is 0 Å². The van der Waals surface area contributed by atoms with Gasteiger partial charge in [-0.25, -0.2) is 4.57 Å². The van der Waals surface area contributed by atoms with E-state index < -0.39 is 45.1 Å². The second-order valence-electron chi connectivity index (χ2n) is 16.2. The van der Waals surface area contributed by atoms with E-state index in [0.717, 1.165) is 57.8 Å². The third kappa shape index (κ3) is 44.1. The lowest BCUT2D eigenvalue weighted by Gasteiger charge is -2.20. The fraction of sp³-hybridized carbons (Fsp3) is 0.833. The largest absolute Gasteiger partial charge is 0.480 e. The predicted molar refractivity (Wildman–Crippen MR) is 245 cm³/mol. The first-order chi connectivity index (χ1) is 28.7. The lowest BCUT2D eigenvalue weighted by Crippen LogP contribution is -2.34. The lowest BCUT2D eigenvalue weighted by atomic mass is 10.0. The maximum atomic E-state index is 12.7. The molecule has 0 heterocycles. The van der Waals surface area contributed by atoms with Gasteiger partial charge in [-0.2, -0.15) is 0 Å². The molecule has 3 atom stereocenters. The zero-order valence-corrected chi connectivity index (χ0v) is 38.7. The number of aliphatic carboxylic acids is 1.